The monoisotopic (exact) mass is 266 g/mol. The van der Waals surface area contributed by atoms with Crippen LogP contribution in [0.4, 0.5) is 0 Å². The molecule has 0 radical (unpaired) electrons. The van der Waals surface area contributed by atoms with E-state index in [4.69, 9.17) is 4.74 Å². The molecule has 0 fully saturated rings. The van der Waals surface area contributed by atoms with Gasteiger partial charge in [-0.25, -0.2) is 4.99 Å². The van der Waals surface area contributed by atoms with Crippen LogP contribution in [0.2, 0.25) is 0 Å². The Kier molecular flexibility index (Phi) is 4.53. The number of hydrogen-bond acceptors (Lipinski definition) is 3. The second-order valence-electron chi connectivity index (χ2n) is 2.15. The quantitative estimate of drug-likeness (QED) is 0.434. The van der Waals surface area contributed by atoms with Crippen LogP contribution in [0, 0.1) is 0 Å². The van der Waals surface area contributed by atoms with Gasteiger partial charge in [-0.3, -0.25) is 0 Å². The van der Waals surface area contributed by atoms with Crippen molar-refractivity contribution in [2.24, 2.45) is 4.99 Å². The Morgan fingerprint density at radius 3 is 3.18 bits per heavy atom. The molecule has 0 aromatic rings. The van der Waals surface area contributed by atoms with Gasteiger partial charge in [0.1, 0.15) is 6.73 Å². The van der Waals surface area contributed by atoms with Gasteiger partial charge in [-0.2, -0.15) is 0 Å². The van der Waals surface area contributed by atoms with Crippen LogP contribution < -0.4 is 0 Å². The molecule has 4 heteroatoms. The fraction of sp³-hybridized carbons (Fsp3) is 0.571. The smallest absolute Gasteiger partial charge is 0.119 e. The van der Waals surface area contributed by atoms with Crippen molar-refractivity contribution in [1.29, 1.82) is 0 Å². The average Bonchev–Trinajstić information content (AvgIpc) is 2.07. The van der Waals surface area contributed by atoms with Crippen LogP contribution in [0.5, 0.6) is 0 Å². The van der Waals surface area contributed by atoms with Crippen molar-refractivity contribution in [3.05, 3.63) is 12.3 Å². The molecule has 1 aliphatic heterocycles. The molecule has 0 amide bonds. The van der Waals surface area contributed by atoms with Gasteiger partial charge in [-0.1, -0.05) is 22.6 Å². The number of aliphatic imine (C=N–C) groups is 1. The molecule has 0 spiro atoms. The largest absolute Gasteiger partial charge is 0.360 e. The van der Waals surface area contributed by atoms with Crippen molar-refractivity contribution < 1.29 is 4.74 Å². The lowest BCUT2D eigenvalue weighted by Gasteiger charge is -2.18. The molecular weight excluding hydrogens is 255 g/mol. The van der Waals surface area contributed by atoms with Crippen LogP contribution in [0.15, 0.2) is 17.3 Å². The SMILES string of the molecule is ICCOCN1C=NC=CC1. The lowest BCUT2D eigenvalue weighted by Crippen LogP contribution is -2.26. The molecule has 0 aliphatic carbocycles. The van der Waals surface area contributed by atoms with Gasteiger partial charge in [-0.05, 0) is 6.08 Å². The molecule has 3 nitrogen and oxygen atoms in total. The maximum atomic E-state index is 5.32. The highest BCUT2D eigenvalue weighted by Crippen LogP contribution is 1.93. The Morgan fingerprint density at radius 2 is 2.55 bits per heavy atom. The highest BCUT2D eigenvalue weighted by Gasteiger charge is 1.98. The first-order valence-electron chi connectivity index (χ1n) is 3.49. The van der Waals surface area contributed by atoms with Gasteiger partial charge in [0.05, 0.1) is 12.9 Å². The Bertz CT molecular complexity index is 159. The summed E-state index contributed by atoms with van der Waals surface area (Å²) in [6.07, 6.45) is 5.61. The first kappa shape index (κ1) is 8.99. The van der Waals surface area contributed by atoms with Gasteiger partial charge in [0.2, 0.25) is 0 Å². The molecule has 0 N–H and O–H groups in total. The minimum Gasteiger partial charge on any atom is -0.360 e. The minimum atomic E-state index is 0.650. The van der Waals surface area contributed by atoms with Crippen molar-refractivity contribution in [2.45, 2.75) is 0 Å². The summed E-state index contributed by atoms with van der Waals surface area (Å²) in [6, 6.07) is 0. The fourth-order valence-corrected chi connectivity index (χ4v) is 1.06. The number of hydrogen-bond donors (Lipinski definition) is 0. The van der Waals surface area contributed by atoms with Crippen LogP contribution in [-0.4, -0.2) is 35.5 Å². The van der Waals surface area contributed by atoms with Gasteiger partial charge in [0, 0.05) is 17.2 Å². The molecule has 0 atom stereocenters. The maximum absolute atomic E-state index is 5.32. The van der Waals surface area contributed by atoms with E-state index >= 15 is 0 Å². The summed E-state index contributed by atoms with van der Waals surface area (Å²) < 4.78 is 6.36. The molecule has 0 saturated heterocycles. The highest BCUT2D eigenvalue weighted by atomic mass is 127. The van der Waals surface area contributed by atoms with Crippen LogP contribution in [-0.2, 0) is 4.74 Å². The van der Waals surface area contributed by atoms with E-state index in [1.807, 2.05) is 11.0 Å². The number of alkyl halides is 1. The molecule has 0 aromatic heterocycles. The van der Waals surface area contributed by atoms with Crippen LogP contribution in [0.3, 0.4) is 0 Å². The zero-order valence-electron chi connectivity index (χ0n) is 6.24. The standard InChI is InChI=1S/C7H11IN2O/c8-2-5-11-7-10-4-1-3-9-6-10/h1,3,6H,2,4-5,7H2. The Balaban J connectivity index is 2.07. The molecule has 0 unspecified atom stereocenters. The second-order valence-corrected chi connectivity index (χ2v) is 3.23. The molecule has 0 saturated carbocycles. The third-order valence-corrected chi connectivity index (χ3v) is 1.68. The van der Waals surface area contributed by atoms with E-state index < -0.39 is 0 Å². The molecule has 1 heterocycles. The van der Waals surface area contributed by atoms with Gasteiger partial charge in [-0.15, -0.1) is 0 Å². The van der Waals surface area contributed by atoms with E-state index in [9.17, 15) is 0 Å². The zero-order valence-corrected chi connectivity index (χ0v) is 8.40. The Hall–Kier alpha value is -0.100. The summed E-state index contributed by atoms with van der Waals surface area (Å²) in [5.74, 6) is 0. The molecule has 62 valence electrons. The molecule has 0 aromatic carbocycles. The summed E-state index contributed by atoms with van der Waals surface area (Å²) in [7, 11) is 0. The van der Waals surface area contributed by atoms with Gasteiger partial charge in [0.15, 0.2) is 0 Å². The Labute approximate surface area is 80.3 Å². The maximum Gasteiger partial charge on any atom is 0.119 e. The third-order valence-electron chi connectivity index (χ3n) is 1.24. The van der Waals surface area contributed by atoms with Crippen molar-refractivity contribution in [3.8, 4) is 0 Å². The number of halogens is 1. The molecule has 1 aliphatic rings. The van der Waals surface area contributed by atoms with E-state index in [0.717, 1.165) is 17.6 Å². The molecular formula is C7H11IN2O. The number of rotatable bonds is 4. The zero-order chi connectivity index (χ0) is 7.94. The van der Waals surface area contributed by atoms with Gasteiger partial charge in [0.25, 0.3) is 0 Å². The van der Waals surface area contributed by atoms with E-state index in [0.29, 0.717) is 6.73 Å². The van der Waals surface area contributed by atoms with Crippen molar-refractivity contribution in [3.63, 3.8) is 0 Å². The average molecular weight is 266 g/mol. The van der Waals surface area contributed by atoms with Crippen LogP contribution in [0.1, 0.15) is 0 Å². The fourth-order valence-electron chi connectivity index (χ4n) is 0.746. The first-order valence-corrected chi connectivity index (χ1v) is 5.02. The molecule has 0 bridgehead atoms. The lowest BCUT2D eigenvalue weighted by molar-refractivity contribution is 0.0840. The first-order chi connectivity index (χ1) is 5.43. The number of ether oxygens (including phenoxy) is 1. The van der Waals surface area contributed by atoms with Gasteiger partial charge >= 0.3 is 0 Å². The summed E-state index contributed by atoms with van der Waals surface area (Å²) in [4.78, 5) is 6.00. The minimum absolute atomic E-state index is 0.650. The normalized spacial score (nSPS) is 15.9. The third kappa shape index (κ3) is 3.71. The highest BCUT2D eigenvalue weighted by molar-refractivity contribution is 14.1. The molecule has 1 rings (SSSR count). The lowest BCUT2D eigenvalue weighted by atomic mass is 10.5. The summed E-state index contributed by atoms with van der Waals surface area (Å²) in [5.41, 5.74) is 0. The van der Waals surface area contributed by atoms with Crippen LogP contribution >= 0.6 is 22.6 Å². The Morgan fingerprint density at radius 1 is 1.64 bits per heavy atom. The van der Waals surface area contributed by atoms with Crippen molar-refractivity contribution in [2.75, 3.05) is 24.3 Å². The van der Waals surface area contributed by atoms with E-state index in [2.05, 4.69) is 27.6 Å². The van der Waals surface area contributed by atoms with E-state index in [1.54, 1.807) is 12.5 Å². The van der Waals surface area contributed by atoms with Crippen LogP contribution in [0.25, 0.3) is 0 Å². The number of nitrogens with zero attached hydrogens (tertiary/aromatic N) is 2. The van der Waals surface area contributed by atoms with Crippen molar-refractivity contribution >= 4 is 28.9 Å². The van der Waals surface area contributed by atoms with Crippen molar-refractivity contribution in [1.82, 2.24) is 4.90 Å². The second kappa shape index (κ2) is 5.54. The van der Waals surface area contributed by atoms with E-state index in [1.165, 1.54) is 0 Å². The predicted octanol–water partition coefficient (Wildman–Crippen LogP) is 1.25. The molecule has 11 heavy (non-hydrogen) atoms. The van der Waals surface area contributed by atoms with Gasteiger partial charge < -0.3 is 9.64 Å². The summed E-state index contributed by atoms with van der Waals surface area (Å²) in [5, 5.41) is 0. The summed E-state index contributed by atoms with van der Waals surface area (Å²) >= 11 is 2.29. The summed E-state index contributed by atoms with van der Waals surface area (Å²) in [6.45, 7) is 2.37. The topological polar surface area (TPSA) is 24.8 Å². The predicted molar refractivity (Wildman–Crippen MR) is 54.0 cm³/mol. The van der Waals surface area contributed by atoms with E-state index in [-0.39, 0.29) is 0 Å².